The number of halogens is 1. The van der Waals surface area contributed by atoms with Crippen LogP contribution in [0.25, 0.3) is 0 Å². The van der Waals surface area contributed by atoms with Gasteiger partial charge in [0.25, 0.3) is 0 Å². The van der Waals surface area contributed by atoms with E-state index in [1.165, 1.54) is 0 Å². The zero-order valence-corrected chi connectivity index (χ0v) is 12.4. The Morgan fingerprint density at radius 3 is 2.62 bits per heavy atom. The predicted octanol–water partition coefficient (Wildman–Crippen LogP) is 2.50. The van der Waals surface area contributed by atoms with Crippen molar-refractivity contribution < 1.29 is 14.6 Å². The van der Waals surface area contributed by atoms with Gasteiger partial charge in [0, 0.05) is 6.42 Å². The number of hydrogen-bond donors (Lipinski definition) is 3. The topological polar surface area (TPSA) is 66.5 Å². The van der Waals surface area contributed by atoms with E-state index in [0.29, 0.717) is 32.2 Å². The third-order valence-corrected chi connectivity index (χ3v) is 4.46. The standard InChI is InChI=1S/C17H26FNO2/c18-16(13-4-6-15(20)7-5-13)11-12-2-1-3-14(10-12)17(21)8-9-19/h1-3,10,13,15-17,20-21H,4-9,11,19H2. The zero-order chi connectivity index (χ0) is 15.2. The summed E-state index contributed by atoms with van der Waals surface area (Å²) >= 11 is 0. The molecule has 1 aromatic rings. The summed E-state index contributed by atoms with van der Waals surface area (Å²) in [4.78, 5) is 0. The summed E-state index contributed by atoms with van der Waals surface area (Å²) in [6.45, 7) is 0.432. The Bertz CT molecular complexity index is 433. The van der Waals surface area contributed by atoms with Crippen LogP contribution in [0.3, 0.4) is 0 Å². The second kappa shape index (κ2) is 7.87. The Labute approximate surface area is 126 Å². The molecule has 1 aliphatic carbocycles. The van der Waals surface area contributed by atoms with E-state index in [-0.39, 0.29) is 12.0 Å². The molecule has 0 aromatic heterocycles. The Kier molecular flexibility index (Phi) is 6.15. The molecule has 2 atom stereocenters. The van der Waals surface area contributed by atoms with Gasteiger partial charge < -0.3 is 15.9 Å². The van der Waals surface area contributed by atoms with Crippen LogP contribution in [0.5, 0.6) is 0 Å². The summed E-state index contributed by atoms with van der Waals surface area (Å²) in [5.41, 5.74) is 7.18. The third kappa shape index (κ3) is 4.77. The summed E-state index contributed by atoms with van der Waals surface area (Å²) in [5.74, 6) is 0.0472. The number of aliphatic hydroxyl groups is 2. The van der Waals surface area contributed by atoms with Crippen LogP contribution in [0.2, 0.25) is 0 Å². The van der Waals surface area contributed by atoms with Crippen molar-refractivity contribution in [3.8, 4) is 0 Å². The van der Waals surface area contributed by atoms with Crippen LogP contribution in [-0.4, -0.2) is 29.0 Å². The fraction of sp³-hybridized carbons (Fsp3) is 0.647. The van der Waals surface area contributed by atoms with Crippen LogP contribution in [0.4, 0.5) is 4.39 Å². The number of aliphatic hydroxyl groups excluding tert-OH is 2. The Balaban J connectivity index is 1.94. The van der Waals surface area contributed by atoms with Gasteiger partial charge in [-0.3, -0.25) is 0 Å². The van der Waals surface area contributed by atoms with E-state index in [1.54, 1.807) is 0 Å². The number of nitrogens with two attached hydrogens (primary N) is 1. The molecule has 0 aliphatic heterocycles. The van der Waals surface area contributed by atoms with Gasteiger partial charge in [-0.1, -0.05) is 24.3 Å². The molecule has 0 bridgehead atoms. The normalized spacial score (nSPS) is 25.5. The fourth-order valence-electron chi connectivity index (χ4n) is 3.11. The lowest BCUT2D eigenvalue weighted by molar-refractivity contribution is 0.0793. The van der Waals surface area contributed by atoms with E-state index in [2.05, 4.69) is 0 Å². The van der Waals surface area contributed by atoms with Crippen molar-refractivity contribution in [2.75, 3.05) is 6.54 Å². The molecule has 1 aromatic carbocycles. The molecule has 118 valence electrons. The molecule has 21 heavy (non-hydrogen) atoms. The van der Waals surface area contributed by atoms with Gasteiger partial charge in [-0.2, -0.15) is 0 Å². The van der Waals surface area contributed by atoms with Crippen LogP contribution in [-0.2, 0) is 6.42 Å². The Hall–Kier alpha value is -0.970. The largest absolute Gasteiger partial charge is 0.393 e. The van der Waals surface area contributed by atoms with Crippen LogP contribution >= 0.6 is 0 Å². The fourth-order valence-corrected chi connectivity index (χ4v) is 3.11. The van der Waals surface area contributed by atoms with E-state index in [1.807, 2.05) is 24.3 Å². The number of rotatable bonds is 6. The maximum atomic E-state index is 14.4. The Morgan fingerprint density at radius 1 is 1.24 bits per heavy atom. The van der Waals surface area contributed by atoms with E-state index < -0.39 is 12.3 Å². The molecule has 0 radical (unpaired) electrons. The van der Waals surface area contributed by atoms with E-state index in [9.17, 15) is 14.6 Å². The summed E-state index contributed by atoms with van der Waals surface area (Å²) < 4.78 is 14.4. The average Bonchev–Trinajstić information content (AvgIpc) is 2.48. The van der Waals surface area contributed by atoms with E-state index in [4.69, 9.17) is 5.73 Å². The number of hydrogen-bond acceptors (Lipinski definition) is 3. The quantitative estimate of drug-likeness (QED) is 0.755. The first-order valence-electron chi connectivity index (χ1n) is 7.89. The molecule has 2 rings (SSSR count). The van der Waals surface area contributed by atoms with Crippen molar-refractivity contribution in [3.63, 3.8) is 0 Å². The van der Waals surface area contributed by atoms with Gasteiger partial charge in [0.05, 0.1) is 12.2 Å². The lowest BCUT2D eigenvalue weighted by Gasteiger charge is -2.28. The van der Waals surface area contributed by atoms with Crippen molar-refractivity contribution in [2.24, 2.45) is 11.7 Å². The minimum atomic E-state index is -0.876. The van der Waals surface area contributed by atoms with Gasteiger partial charge in [0.1, 0.15) is 6.17 Å². The van der Waals surface area contributed by atoms with Crippen molar-refractivity contribution in [2.45, 2.75) is 56.9 Å². The van der Waals surface area contributed by atoms with Gasteiger partial charge in [-0.05, 0) is 55.7 Å². The minimum Gasteiger partial charge on any atom is -0.393 e. The molecule has 0 spiro atoms. The van der Waals surface area contributed by atoms with Gasteiger partial charge in [0.2, 0.25) is 0 Å². The zero-order valence-electron chi connectivity index (χ0n) is 12.4. The summed E-state index contributed by atoms with van der Waals surface area (Å²) in [6.07, 6.45) is 2.14. The average molecular weight is 295 g/mol. The molecule has 2 unspecified atom stereocenters. The van der Waals surface area contributed by atoms with Crippen molar-refractivity contribution in [1.82, 2.24) is 0 Å². The summed E-state index contributed by atoms with van der Waals surface area (Å²) in [7, 11) is 0. The SMILES string of the molecule is NCCC(O)c1cccc(CC(F)C2CCC(O)CC2)c1. The predicted molar refractivity (Wildman–Crippen MR) is 81.6 cm³/mol. The molecule has 0 saturated heterocycles. The monoisotopic (exact) mass is 295 g/mol. The van der Waals surface area contributed by atoms with Gasteiger partial charge in [-0.25, -0.2) is 4.39 Å². The first-order valence-corrected chi connectivity index (χ1v) is 7.89. The lowest BCUT2D eigenvalue weighted by atomic mass is 9.82. The minimum absolute atomic E-state index is 0.0472. The van der Waals surface area contributed by atoms with Gasteiger partial charge in [-0.15, -0.1) is 0 Å². The van der Waals surface area contributed by atoms with Gasteiger partial charge in [0.15, 0.2) is 0 Å². The van der Waals surface area contributed by atoms with Crippen LogP contribution in [0.15, 0.2) is 24.3 Å². The highest BCUT2D eigenvalue weighted by Crippen LogP contribution is 2.30. The van der Waals surface area contributed by atoms with Crippen LogP contribution < -0.4 is 5.73 Å². The number of benzene rings is 1. The summed E-state index contributed by atoms with van der Waals surface area (Å²) in [5, 5.41) is 19.4. The van der Waals surface area contributed by atoms with Crippen molar-refractivity contribution in [3.05, 3.63) is 35.4 Å². The second-order valence-electron chi connectivity index (χ2n) is 6.13. The van der Waals surface area contributed by atoms with Crippen LogP contribution in [0, 0.1) is 5.92 Å². The maximum absolute atomic E-state index is 14.4. The summed E-state index contributed by atoms with van der Waals surface area (Å²) in [6, 6.07) is 7.50. The lowest BCUT2D eigenvalue weighted by Crippen LogP contribution is -2.26. The molecule has 0 heterocycles. The van der Waals surface area contributed by atoms with E-state index in [0.717, 1.165) is 24.0 Å². The van der Waals surface area contributed by atoms with Crippen molar-refractivity contribution >= 4 is 0 Å². The molecule has 3 nitrogen and oxygen atoms in total. The molecule has 4 N–H and O–H groups in total. The molecular weight excluding hydrogens is 269 g/mol. The molecule has 0 amide bonds. The van der Waals surface area contributed by atoms with Gasteiger partial charge >= 0.3 is 0 Å². The molecular formula is C17H26FNO2. The first-order chi connectivity index (χ1) is 10.1. The third-order valence-electron chi connectivity index (χ3n) is 4.46. The van der Waals surface area contributed by atoms with Crippen molar-refractivity contribution in [1.29, 1.82) is 0 Å². The highest BCUT2D eigenvalue weighted by atomic mass is 19.1. The smallest absolute Gasteiger partial charge is 0.107 e. The molecule has 1 saturated carbocycles. The molecule has 1 aliphatic rings. The van der Waals surface area contributed by atoms with E-state index >= 15 is 0 Å². The molecule has 4 heteroatoms. The number of alkyl halides is 1. The first kappa shape index (κ1) is 16.4. The Morgan fingerprint density at radius 2 is 1.95 bits per heavy atom. The molecule has 1 fully saturated rings. The second-order valence-corrected chi connectivity index (χ2v) is 6.13. The highest BCUT2D eigenvalue weighted by Gasteiger charge is 2.26. The van der Waals surface area contributed by atoms with Crippen LogP contribution in [0.1, 0.15) is 49.3 Å². The highest BCUT2D eigenvalue weighted by molar-refractivity contribution is 5.26. The maximum Gasteiger partial charge on any atom is 0.107 e.